The van der Waals surface area contributed by atoms with Gasteiger partial charge in [0.05, 0.1) is 17.8 Å². The maximum Gasteiger partial charge on any atom is 0.319 e. The minimum atomic E-state index is -1.30. The highest BCUT2D eigenvalue weighted by Gasteiger charge is 2.27. The van der Waals surface area contributed by atoms with Crippen LogP contribution in [0.5, 0.6) is 0 Å². The van der Waals surface area contributed by atoms with E-state index in [2.05, 4.69) is 20.9 Å². The zero-order valence-corrected chi connectivity index (χ0v) is 21.7. The van der Waals surface area contributed by atoms with E-state index < -0.39 is 23.6 Å². The third kappa shape index (κ3) is 7.75. The summed E-state index contributed by atoms with van der Waals surface area (Å²) in [5, 5.41) is 7.68. The summed E-state index contributed by atoms with van der Waals surface area (Å²) < 4.78 is 34.9. The fraction of sp³-hybridized carbons (Fsp3) is 0.500. The molecule has 1 aliphatic rings. The number of nitrogens with one attached hydrogen (secondary N) is 3. The van der Waals surface area contributed by atoms with Gasteiger partial charge in [0.25, 0.3) is 11.8 Å². The Kier molecular flexibility index (Phi) is 9.25. The molecular weight excluding hydrogens is 484 g/mol. The molecule has 0 saturated carbocycles. The zero-order chi connectivity index (χ0) is 27.2. The number of benzene rings is 1. The Bertz CT molecular complexity index is 1120. The van der Waals surface area contributed by atoms with Crippen molar-refractivity contribution in [3.8, 4) is 0 Å². The van der Waals surface area contributed by atoms with Gasteiger partial charge in [-0.05, 0) is 51.5 Å². The molecule has 1 aromatic heterocycles. The van der Waals surface area contributed by atoms with E-state index in [9.17, 15) is 23.2 Å². The van der Waals surface area contributed by atoms with Crippen LogP contribution in [0.4, 0.5) is 19.3 Å². The van der Waals surface area contributed by atoms with Crippen LogP contribution in [0.15, 0.2) is 28.7 Å². The second-order valence-electron chi connectivity index (χ2n) is 10.1. The van der Waals surface area contributed by atoms with Crippen molar-refractivity contribution in [2.45, 2.75) is 52.6 Å². The molecule has 1 aromatic carbocycles. The molecule has 202 valence electrons. The molecule has 2 heterocycles. The molecule has 0 bridgehead atoms. The Balaban J connectivity index is 1.54. The van der Waals surface area contributed by atoms with Gasteiger partial charge in [0.1, 0.15) is 5.76 Å². The van der Waals surface area contributed by atoms with Crippen LogP contribution in [0.1, 0.15) is 67.2 Å². The van der Waals surface area contributed by atoms with Crippen molar-refractivity contribution in [2.75, 3.05) is 38.0 Å². The lowest BCUT2D eigenvalue weighted by Gasteiger charge is -2.34. The molecule has 0 radical (unpaired) electrons. The second-order valence-corrected chi connectivity index (χ2v) is 10.1. The van der Waals surface area contributed by atoms with E-state index in [-0.39, 0.29) is 28.5 Å². The first-order valence-electron chi connectivity index (χ1n) is 12.4. The summed E-state index contributed by atoms with van der Waals surface area (Å²) in [6.07, 6.45) is 1.65. The monoisotopic (exact) mass is 519 g/mol. The molecule has 3 N–H and O–H groups in total. The summed E-state index contributed by atoms with van der Waals surface area (Å²) in [5.41, 5.74) is -1.10. The SMILES string of the molecule is CCCCNC(=O)Nc1ccc(C(=O)N2CCN(Cc3ccc(C(=O)NC(C)(C)C)o3)CC2)c(F)c1F. The smallest absolute Gasteiger partial charge is 0.319 e. The van der Waals surface area contributed by atoms with Crippen molar-refractivity contribution in [3.63, 3.8) is 0 Å². The molecule has 3 rings (SSSR count). The molecule has 0 spiro atoms. The van der Waals surface area contributed by atoms with E-state index >= 15 is 0 Å². The molecular formula is C26H35F2N5O4. The van der Waals surface area contributed by atoms with Crippen molar-refractivity contribution < 1.29 is 27.6 Å². The van der Waals surface area contributed by atoms with E-state index in [1.165, 1.54) is 17.0 Å². The molecule has 1 fully saturated rings. The Morgan fingerprint density at radius 1 is 1.00 bits per heavy atom. The van der Waals surface area contributed by atoms with Crippen LogP contribution in [-0.4, -0.2) is 65.9 Å². The molecule has 11 heteroatoms. The molecule has 0 aliphatic carbocycles. The van der Waals surface area contributed by atoms with E-state index in [4.69, 9.17) is 4.42 Å². The van der Waals surface area contributed by atoms with Crippen molar-refractivity contribution in [1.29, 1.82) is 0 Å². The Labute approximate surface area is 215 Å². The number of hydrogen-bond donors (Lipinski definition) is 3. The fourth-order valence-corrected chi connectivity index (χ4v) is 3.84. The number of carbonyl (C=O) groups is 3. The average molecular weight is 520 g/mol. The van der Waals surface area contributed by atoms with Crippen LogP contribution >= 0.6 is 0 Å². The Hall–Kier alpha value is -3.47. The highest BCUT2D eigenvalue weighted by Crippen LogP contribution is 2.23. The minimum Gasteiger partial charge on any atom is -0.455 e. The lowest BCUT2D eigenvalue weighted by Crippen LogP contribution is -2.48. The number of amides is 4. The molecule has 9 nitrogen and oxygen atoms in total. The highest BCUT2D eigenvalue weighted by atomic mass is 19.2. The molecule has 1 aliphatic heterocycles. The van der Waals surface area contributed by atoms with E-state index in [0.29, 0.717) is 45.0 Å². The summed E-state index contributed by atoms with van der Waals surface area (Å²) >= 11 is 0. The van der Waals surface area contributed by atoms with Gasteiger partial charge in [-0.1, -0.05) is 13.3 Å². The van der Waals surface area contributed by atoms with Gasteiger partial charge in [-0.3, -0.25) is 14.5 Å². The molecule has 37 heavy (non-hydrogen) atoms. The largest absolute Gasteiger partial charge is 0.455 e. The first-order chi connectivity index (χ1) is 17.5. The summed E-state index contributed by atoms with van der Waals surface area (Å²) in [7, 11) is 0. The third-order valence-corrected chi connectivity index (χ3v) is 5.79. The number of carbonyl (C=O) groups excluding carboxylic acids is 3. The van der Waals surface area contributed by atoms with Gasteiger partial charge < -0.3 is 25.3 Å². The molecule has 1 saturated heterocycles. The summed E-state index contributed by atoms with van der Waals surface area (Å²) in [4.78, 5) is 40.5. The van der Waals surface area contributed by atoms with Crippen LogP contribution in [0, 0.1) is 11.6 Å². The van der Waals surface area contributed by atoms with Gasteiger partial charge in [-0.25, -0.2) is 13.6 Å². The fourth-order valence-electron chi connectivity index (χ4n) is 3.84. The highest BCUT2D eigenvalue weighted by molar-refractivity contribution is 5.96. The minimum absolute atomic E-state index is 0.229. The average Bonchev–Trinajstić information content (AvgIpc) is 3.30. The number of piperazine rings is 1. The van der Waals surface area contributed by atoms with E-state index in [0.717, 1.165) is 12.8 Å². The Morgan fingerprint density at radius 2 is 1.70 bits per heavy atom. The standard InChI is InChI=1S/C26H35F2N5O4/c1-5-6-11-29-25(36)30-19-9-8-18(21(27)22(19)28)24(35)33-14-12-32(13-15-33)16-17-7-10-20(37-17)23(34)31-26(2,3)4/h7-10H,5-6,11-16H2,1-4H3,(H,31,34)(H2,29,30,36). The van der Waals surface area contributed by atoms with Gasteiger partial charge in [-0.2, -0.15) is 0 Å². The second kappa shape index (κ2) is 12.2. The van der Waals surface area contributed by atoms with Crippen molar-refractivity contribution >= 4 is 23.5 Å². The molecule has 2 aromatic rings. The quantitative estimate of drug-likeness (QED) is 0.458. The lowest BCUT2D eigenvalue weighted by atomic mass is 10.1. The number of urea groups is 1. The van der Waals surface area contributed by atoms with Crippen LogP contribution in [0.25, 0.3) is 0 Å². The maximum absolute atomic E-state index is 14.7. The number of halogens is 2. The van der Waals surface area contributed by atoms with Crippen LogP contribution < -0.4 is 16.0 Å². The maximum atomic E-state index is 14.7. The summed E-state index contributed by atoms with van der Waals surface area (Å²) in [5.74, 6) is -2.63. The number of nitrogens with zero attached hydrogens (tertiary/aromatic N) is 2. The van der Waals surface area contributed by atoms with Gasteiger partial charge in [0.15, 0.2) is 17.4 Å². The van der Waals surface area contributed by atoms with Crippen LogP contribution in [0.2, 0.25) is 0 Å². The number of hydrogen-bond acceptors (Lipinski definition) is 5. The van der Waals surface area contributed by atoms with Crippen molar-refractivity contribution in [2.24, 2.45) is 0 Å². The zero-order valence-electron chi connectivity index (χ0n) is 21.7. The van der Waals surface area contributed by atoms with Crippen molar-refractivity contribution in [3.05, 3.63) is 53.0 Å². The van der Waals surface area contributed by atoms with Gasteiger partial charge in [0.2, 0.25) is 0 Å². The topological polar surface area (TPSA) is 107 Å². The van der Waals surface area contributed by atoms with Gasteiger partial charge in [-0.15, -0.1) is 0 Å². The predicted octanol–water partition coefficient (Wildman–Crippen LogP) is 3.97. The Morgan fingerprint density at radius 3 is 2.35 bits per heavy atom. The first-order valence-corrected chi connectivity index (χ1v) is 12.4. The van der Waals surface area contributed by atoms with E-state index in [1.807, 2.05) is 27.7 Å². The number of rotatable bonds is 8. The molecule has 0 unspecified atom stereocenters. The normalized spacial score (nSPS) is 14.4. The predicted molar refractivity (Wildman–Crippen MR) is 135 cm³/mol. The molecule has 0 atom stereocenters. The third-order valence-electron chi connectivity index (χ3n) is 5.79. The molecule has 4 amide bonds. The lowest BCUT2D eigenvalue weighted by molar-refractivity contribution is 0.0612. The van der Waals surface area contributed by atoms with Gasteiger partial charge in [0, 0.05) is 38.3 Å². The van der Waals surface area contributed by atoms with Crippen molar-refractivity contribution in [1.82, 2.24) is 20.4 Å². The number of unbranched alkanes of at least 4 members (excludes halogenated alkanes) is 1. The summed E-state index contributed by atoms with van der Waals surface area (Å²) in [6.45, 7) is 10.1. The number of anilines is 1. The van der Waals surface area contributed by atoms with Crippen LogP contribution in [-0.2, 0) is 6.54 Å². The summed E-state index contributed by atoms with van der Waals surface area (Å²) in [6, 6.07) is 5.10. The number of furan rings is 1. The van der Waals surface area contributed by atoms with E-state index in [1.54, 1.807) is 12.1 Å². The van der Waals surface area contributed by atoms with Crippen LogP contribution in [0.3, 0.4) is 0 Å². The van der Waals surface area contributed by atoms with Gasteiger partial charge >= 0.3 is 6.03 Å². The first kappa shape index (κ1) is 28.1.